The lowest BCUT2D eigenvalue weighted by molar-refractivity contribution is -0.127. The van der Waals surface area contributed by atoms with E-state index in [9.17, 15) is 4.79 Å². The van der Waals surface area contributed by atoms with Gasteiger partial charge in [0.1, 0.15) is 5.82 Å². The molecule has 5 nitrogen and oxygen atoms in total. The standard InChI is InChI=1S/C11H16N4OS/c1-7-5-11(6-7,9(12)17)10(16)14-8-3-4-13-15(8)2/h3-4,7H,5-6H2,1-2H3,(H2,12,17)(H,14,16). The second-order valence-corrected chi connectivity index (χ2v) is 5.19. The summed E-state index contributed by atoms with van der Waals surface area (Å²) in [4.78, 5) is 12.5. The Bertz CT molecular complexity index is 462. The first-order valence-corrected chi connectivity index (χ1v) is 5.96. The fourth-order valence-corrected chi connectivity index (χ4v) is 2.62. The first-order chi connectivity index (χ1) is 7.95. The van der Waals surface area contributed by atoms with E-state index in [1.165, 1.54) is 0 Å². The maximum absolute atomic E-state index is 12.2. The minimum atomic E-state index is -0.668. The summed E-state index contributed by atoms with van der Waals surface area (Å²) >= 11 is 5.03. The van der Waals surface area contributed by atoms with E-state index in [4.69, 9.17) is 18.0 Å². The number of anilines is 1. The third kappa shape index (κ3) is 1.93. The molecule has 1 heterocycles. The topological polar surface area (TPSA) is 72.9 Å². The number of hydrogen-bond donors (Lipinski definition) is 2. The van der Waals surface area contributed by atoms with Gasteiger partial charge < -0.3 is 11.1 Å². The molecule has 17 heavy (non-hydrogen) atoms. The smallest absolute Gasteiger partial charge is 0.238 e. The molecular formula is C11H16N4OS. The van der Waals surface area contributed by atoms with Gasteiger partial charge in [0.15, 0.2) is 0 Å². The summed E-state index contributed by atoms with van der Waals surface area (Å²) in [6.45, 7) is 2.09. The molecule has 1 saturated carbocycles. The van der Waals surface area contributed by atoms with Crippen molar-refractivity contribution in [1.29, 1.82) is 0 Å². The van der Waals surface area contributed by atoms with Gasteiger partial charge in [-0.3, -0.25) is 9.48 Å². The van der Waals surface area contributed by atoms with Gasteiger partial charge in [-0.2, -0.15) is 5.10 Å². The fraction of sp³-hybridized carbons (Fsp3) is 0.545. The van der Waals surface area contributed by atoms with Crippen molar-refractivity contribution in [1.82, 2.24) is 9.78 Å². The summed E-state index contributed by atoms with van der Waals surface area (Å²) in [5, 5.41) is 6.82. The van der Waals surface area contributed by atoms with Gasteiger partial charge in [-0.15, -0.1) is 0 Å². The quantitative estimate of drug-likeness (QED) is 0.789. The number of aromatic nitrogens is 2. The monoisotopic (exact) mass is 252 g/mol. The number of thiocarbonyl (C=S) groups is 1. The summed E-state index contributed by atoms with van der Waals surface area (Å²) in [7, 11) is 1.77. The zero-order valence-corrected chi connectivity index (χ0v) is 10.8. The molecule has 6 heteroatoms. The van der Waals surface area contributed by atoms with E-state index in [1.807, 2.05) is 0 Å². The van der Waals surface area contributed by atoms with E-state index >= 15 is 0 Å². The van der Waals surface area contributed by atoms with Crippen molar-refractivity contribution in [3.8, 4) is 0 Å². The van der Waals surface area contributed by atoms with Gasteiger partial charge in [-0.1, -0.05) is 19.1 Å². The summed E-state index contributed by atoms with van der Waals surface area (Å²) in [6, 6.07) is 1.74. The molecule has 1 aromatic heterocycles. The fourth-order valence-electron chi connectivity index (χ4n) is 2.36. The lowest BCUT2D eigenvalue weighted by Crippen LogP contribution is -2.54. The van der Waals surface area contributed by atoms with Crippen LogP contribution >= 0.6 is 12.2 Å². The number of nitrogens with zero attached hydrogens (tertiary/aromatic N) is 2. The minimum Gasteiger partial charge on any atom is -0.392 e. The van der Waals surface area contributed by atoms with Crippen LogP contribution in [0, 0.1) is 11.3 Å². The van der Waals surface area contributed by atoms with Crippen LogP contribution in [0.3, 0.4) is 0 Å². The van der Waals surface area contributed by atoms with Crippen molar-refractivity contribution in [3.63, 3.8) is 0 Å². The molecule has 1 aliphatic carbocycles. The SMILES string of the molecule is CC1CC(C(=O)Nc2ccnn2C)(C(N)=S)C1. The maximum atomic E-state index is 12.2. The third-order valence-corrected chi connectivity index (χ3v) is 3.75. The number of nitrogens with two attached hydrogens (primary N) is 1. The van der Waals surface area contributed by atoms with Crippen LogP contribution in [0.15, 0.2) is 12.3 Å². The molecule has 0 aliphatic heterocycles. The molecule has 0 spiro atoms. The average molecular weight is 252 g/mol. The molecule has 1 aliphatic rings. The Morgan fingerprint density at radius 1 is 1.71 bits per heavy atom. The van der Waals surface area contributed by atoms with Gasteiger partial charge in [-0.25, -0.2) is 0 Å². The summed E-state index contributed by atoms with van der Waals surface area (Å²) in [5.41, 5.74) is 5.04. The largest absolute Gasteiger partial charge is 0.392 e. The number of hydrogen-bond acceptors (Lipinski definition) is 3. The number of carbonyl (C=O) groups is 1. The molecule has 92 valence electrons. The third-order valence-electron chi connectivity index (χ3n) is 3.36. The molecule has 0 saturated heterocycles. The second kappa shape index (κ2) is 4.10. The van der Waals surface area contributed by atoms with Crippen LogP contribution in [-0.4, -0.2) is 20.7 Å². The molecule has 0 atom stereocenters. The number of amides is 1. The highest BCUT2D eigenvalue weighted by molar-refractivity contribution is 7.80. The summed E-state index contributed by atoms with van der Waals surface area (Å²) < 4.78 is 1.60. The first-order valence-electron chi connectivity index (χ1n) is 5.55. The molecule has 2 rings (SSSR count). The predicted molar refractivity (Wildman–Crippen MR) is 69.5 cm³/mol. The highest BCUT2D eigenvalue weighted by Gasteiger charge is 2.51. The van der Waals surface area contributed by atoms with Crippen LogP contribution in [0.2, 0.25) is 0 Å². The van der Waals surface area contributed by atoms with E-state index in [1.54, 1.807) is 24.0 Å². The Balaban J connectivity index is 2.14. The normalized spacial score (nSPS) is 27.3. The van der Waals surface area contributed by atoms with Crippen molar-refractivity contribution in [2.75, 3.05) is 5.32 Å². The van der Waals surface area contributed by atoms with Crippen LogP contribution in [-0.2, 0) is 11.8 Å². The van der Waals surface area contributed by atoms with E-state index in [-0.39, 0.29) is 10.9 Å². The van der Waals surface area contributed by atoms with Crippen molar-refractivity contribution < 1.29 is 4.79 Å². The Hall–Kier alpha value is -1.43. The van der Waals surface area contributed by atoms with Gasteiger partial charge >= 0.3 is 0 Å². The van der Waals surface area contributed by atoms with E-state index in [2.05, 4.69) is 17.3 Å². The van der Waals surface area contributed by atoms with E-state index in [0.29, 0.717) is 11.7 Å². The Morgan fingerprint density at radius 2 is 2.35 bits per heavy atom. The molecular weight excluding hydrogens is 236 g/mol. The van der Waals surface area contributed by atoms with Crippen molar-refractivity contribution in [2.24, 2.45) is 24.1 Å². The molecule has 1 aromatic rings. The Labute approximate surface area is 105 Å². The van der Waals surface area contributed by atoms with Crippen molar-refractivity contribution >= 4 is 28.9 Å². The average Bonchev–Trinajstić information content (AvgIpc) is 2.58. The van der Waals surface area contributed by atoms with Crippen molar-refractivity contribution in [3.05, 3.63) is 12.3 Å². The zero-order chi connectivity index (χ0) is 12.6. The molecule has 1 amide bonds. The molecule has 0 radical (unpaired) electrons. The molecule has 0 unspecified atom stereocenters. The highest BCUT2D eigenvalue weighted by Crippen LogP contribution is 2.46. The van der Waals surface area contributed by atoms with Crippen LogP contribution < -0.4 is 11.1 Å². The zero-order valence-electron chi connectivity index (χ0n) is 9.93. The van der Waals surface area contributed by atoms with Crippen LogP contribution in [0.4, 0.5) is 5.82 Å². The number of rotatable bonds is 3. The van der Waals surface area contributed by atoms with E-state index in [0.717, 1.165) is 12.8 Å². The maximum Gasteiger partial charge on any atom is 0.238 e. The van der Waals surface area contributed by atoms with Gasteiger partial charge in [-0.05, 0) is 18.8 Å². The molecule has 1 fully saturated rings. The lowest BCUT2D eigenvalue weighted by atomic mass is 9.62. The van der Waals surface area contributed by atoms with Crippen molar-refractivity contribution in [2.45, 2.75) is 19.8 Å². The lowest BCUT2D eigenvalue weighted by Gasteiger charge is -2.43. The van der Waals surface area contributed by atoms with Crippen LogP contribution in [0.25, 0.3) is 0 Å². The van der Waals surface area contributed by atoms with Gasteiger partial charge in [0.25, 0.3) is 0 Å². The number of carbonyl (C=O) groups excluding carboxylic acids is 1. The summed E-state index contributed by atoms with van der Waals surface area (Å²) in [6.07, 6.45) is 3.09. The molecule has 0 bridgehead atoms. The first kappa shape index (κ1) is 12.0. The Kier molecular flexibility index (Phi) is 2.91. The number of nitrogens with one attached hydrogen (secondary N) is 1. The molecule has 0 aromatic carbocycles. The van der Waals surface area contributed by atoms with Crippen LogP contribution in [0.1, 0.15) is 19.8 Å². The van der Waals surface area contributed by atoms with Gasteiger partial charge in [0.2, 0.25) is 5.91 Å². The summed E-state index contributed by atoms with van der Waals surface area (Å²) in [5.74, 6) is 1.03. The predicted octanol–water partition coefficient (Wildman–Crippen LogP) is 1.06. The van der Waals surface area contributed by atoms with Crippen LogP contribution in [0.5, 0.6) is 0 Å². The molecule has 3 N–H and O–H groups in total. The number of aryl methyl sites for hydroxylation is 1. The second-order valence-electron chi connectivity index (χ2n) is 4.75. The van der Waals surface area contributed by atoms with Gasteiger partial charge in [0, 0.05) is 13.1 Å². The Morgan fingerprint density at radius 3 is 2.76 bits per heavy atom. The van der Waals surface area contributed by atoms with Gasteiger partial charge in [0.05, 0.1) is 16.6 Å². The highest BCUT2D eigenvalue weighted by atomic mass is 32.1. The van der Waals surface area contributed by atoms with E-state index < -0.39 is 5.41 Å². The minimum absolute atomic E-state index is 0.119.